The highest BCUT2D eigenvalue weighted by Crippen LogP contribution is 2.07. The van der Waals surface area contributed by atoms with E-state index < -0.39 is 0 Å². The molecule has 24 heavy (non-hydrogen) atoms. The smallest absolute Gasteiger partial charge is 0.317 e. The second-order valence-electron chi connectivity index (χ2n) is 6.60. The maximum absolute atomic E-state index is 12.4. The third-order valence-corrected chi connectivity index (χ3v) is 4.84. The fourth-order valence-corrected chi connectivity index (χ4v) is 3.20. The molecule has 2 fully saturated rings. The molecule has 0 unspecified atom stereocenters. The summed E-state index contributed by atoms with van der Waals surface area (Å²) < 4.78 is 5.31. The van der Waals surface area contributed by atoms with Crippen molar-refractivity contribution >= 4 is 11.9 Å². The van der Waals surface area contributed by atoms with E-state index in [0.717, 1.165) is 32.4 Å². The summed E-state index contributed by atoms with van der Waals surface area (Å²) in [5, 5.41) is 3.11. The monoisotopic (exact) mass is 340 g/mol. The van der Waals surface area contributed by atoms with Gasteiger partial charge in [-0.2, -0.15) is 0 Å². The van der Waals surface area contributed by atoms with Crippen LogP contribution >= 0.6 is 0 Å². The molecular formula is C17H32N4O3. The summed E-state index contributed by atoms with van der Waals surface area (Å²) in [6.45, 7) is 10.2. The number of hydrogen-bond donors (Lipinski definition) is 1. The summed E-state index contributed by atoms with van der Waals surface area (Å²) in [4.78, 5) is 30.5. The number of amides is 3. The molecule has 138 valence electrons. The maximum Gasteiger partial charge on any atom is 0.317 e. The molecule has 7 nitrogen and oxygen atoms in total. The minimum atomic E-state index is 0.00979. The van der Waals surface area contributed by atoms with Crippen LogP contribution in [0.3, 0.4) is 0 Å². The molecule has 0 aromatic rings. The molecule has 2 saturated heterocycles. The van der Waals surface area contributed by atoms with Crippen molar-refractivity contribution < 1.29 is 14.3 Å². The summed E-state index contributed by atoms with van der Waals surface area (Å²) in [5.41, 5.74) is 0. The van der Waals surface area contributed by atoms with Gasteiger partial charge in [0, 0.05) is 45.3 Å². The number of carbonyl (C=O) groups excluding carboxylic acids is 2. The van der Waals surface area contributed by atoms with Crippen molar-refractivity contribution in [2.75, 3.05) is 59.0 Å². The number of piperazine rings is 1. The quantitative estimate of drug-likeness (QED) is 0.775. The first-order valence-electron chi connectivity index (χ1n) is 9.27. The van der Waals surface area contributed by atoms with Crippen molar-refractivity contribution in [2.24, 2.45) is 0 Å². The number of rotatable bonds is 6. The van der Waals surface area contributed by atoms with E-state index in [1.165, 1.54) is 0 Å². The molecule has 0 aromatic carbocycles. The molecular weight excluding hydrogens is 308 g/mol. The Hall–Kier alpha value is -1.34. The Kier molecular flexibility index (Phi) is 7.78. The number of nitrogens with zero attached hydrogens (tertiary/aromatic N) is 3. The van der Waals surface area contributed by atoms with Gasteiger partial charge in [0.15, 0.2) is 0 Å². The molecule has 1 atom stereocenters. The lowest BCUT2D eigenvalue weighted by atomic mass is 10.1. The number of ether oxygens (including phenoxy) is 1. The fraction of sp³-hybridized carbons (Fsp3) is 0.882. The lowest BCUT2D eigenvalue weighted by Crippen LogP contribution is -2.56. The number of nitrogens with one attached hydrogen (secondary N) is 1. The van der Waals surface area contributed by atoms with E-state index in [-0.39, 0.29) is 18.0 Å². The van der Waals surface area contributed by atoms with Gasteiger partial charge in [-0.3, -0.25) is 9.69 Å². The summed E-state index contributed by atoms with van der Waals surface area (Å²) >= 11 is 0. The van der Waals surface area contributed by atoms with Gasteiger partial charge in [-0.05, 0) is 12.8 Å². The van der Waals surface area contributed by atoms with Crippen LogP contribution in [-0.2, 0) is 9.53 Å². The zero-order chi connectivity index (χ0) is 17.4. The highest BCUT2D eigenvalue weighted by Gasteiger charge is 2.26. The van der Waals surface area contributed by atoms with Gasteiger partial charge in [0.05, 0.1) is 19.8 Å². The summed E-state index contributed by atoms with van der Waals surface area (Å²) in [6, 6.07) is 0.263. The molecule has 2 rings (SSSR count). The summed E-state index contributed by atoms with van der Waals surface area (Å²) in [6.07, 6.45) is 3.04. The van der Waals surface area contributed by atoms with E-state index in [1.54, 1.807) is 0 Å². The molecule has 1 N–H and O–H groups in total. The number of carbonyl (C=O) groups is 2. The van der Waals surface area contributed by atoms with E-state index >= 15 is 0 Å². The highest BCUT2D eigenvalue weighted by atomic mass is 16.5. The van der Waals surface area contributed by atoms with Crippen molar-refractivity contribution in [1.82, 2.24) is 20.0 Å². The predicted octanol–water partition coefficient (Wildman–Crippen LogP) is 0.751. The second-order valence-corrected chi connectivity index (χ2v) is 6.60. The van der Waals surface area contributed by atoms with Gasteiger partial charge >= 0.3 is 6.03 Å². The van der Waals surface area contributed by atoms with Gasteiger partial charge in [0.1, 0.15) is 0 Å². The van der Waals surface area contributed by atoms with Crippen LogP contribution in [-0.4, -0.2) is 91.7 Å². The van der Waals surface area contributed by atoms with Crippen molar-refractivity contribution in [3.05, 3.63) is 0 Å². The van der Waals surface area contributed by atoms with E-state index in [0.29, 0.717) is 45.9 Å². The average Bonchev–Trinajstić information content (AvgIpc) is 2.62. The van der Waals surface area contributed by atoms with E-state index in [9.17, 15) is 9.59 Å². The fourth-order valence-electron chi connectivity index (χ4n) is 3.20. The molecule has 0 aliphatic carbocycles. The van der Waals surface area contributed by atoms with Gasteiger partial charge in [0.2, 0.25) is 5.91 Å². The largest absolute Gasteiger partial charge is 0.379 e. The van der Waals surface area contributed by atoms with Crippen LogP contribution in [0.1, 0.15) is 33.1 Å². The molecule has 7 heteroatoms. The third-order valence-electron chi connectivity index (χ3n) is 4.84. The number of morpholine rings is 1. The van der Waals surface area contributed by atoms with Crippen LogP contribution in [0, 0.1) is 0 Å². The number of hydrogen-bond acceptors (Lipinski definition) is 4. The minimum Gasteiger partial charge on any atom is -0.379 e. The normalized spacial score (nSPS) is 20.8. The lowest BCUT2D eigenvalue weighted by molar-refractivity contribution is -0.134. The molecule has 0 bridgehead atoms. The Bertz CT molecular complexity index is 378. The van der Waals surface area contributed by atoms with Crippen molar-refractivity contribution in [3.8, 4) is 0 Å². The zero-order valence-electron chi connectivity index (χ0n) is 15.1. The first-order chi connectivity index (χ1) is 11.6. The third kappa shape index (κ3) is 5.63. The second kappa shape index (κ2) is 9.84. The van der Waals surface area contributed by atoms with Gasteiger partial charge in [-0.25, -0.2) is 4.79 Å². The Morgan fingerprint density at radius 3 is 2.21 bits per heavy atom. The van der Waals surface area contributed by atoms with E-state index in [4.69, 9.17) is 4.74 Å². The van der Waals surface area contributed by atoms with E-state index in [2.05, 4.69) is 24.1 Å². The van der Waals surface area contributed by atoms with Crippen LogP contribution in [0.25, 0.3) is 0 Å². The lowest BCUT2D eigenvalue weighted by Gasteiger charge is -2.36. The van der Waals surface area contributed by atoms with Crippen LogP contribution in [0.5, 0.6) is 0 Å². The maximum atomic E-state index is 12.4. The first-order valence-corrected chi connectivity index (χ1v) is 9.27. The topological polar surface area (TPSA) is 65.1 Å². The average molecular weight is 340 g/mol. The molecule has 0 aromatic heterocycles. The minimum absolute atomic E-state index is 0.00979. The molecule has 0 spiro atoms. The van der Waals surface area contributed by atoms with Crippen molar-refractivity contribution in [1.29, 1.82) is 0 Å². The van der Waals surface area contributed by atoms with Gasteiger partial charge in [0.25, 0.3) is 0 Å². The standard InChI is InChI=1S/C17H32N4O3/c1-3-5-15(4-2)18-17(23)21-8-6-20(7-9-21)16(22)14-19-10-12-24-13-11-19/h15H,3-14H2,1-2H3,(H,18,23)/t15-/m0/s1. The predicted molar refractivity (Wildman–Crippen MR) is 92.9 cm³/mol. The van der Waals surface area contributed by atoms with Crippen LogP contribution in [0.15, 0.2) is 0 Å². The number of urea groups is 1. The van der Waals surface area contributed by atoms with Crippen LogP contribution in [0.4, 0.5) is 4.79 Å². The Morgan fingerprint density at radius 1 is 1.00 bits per heavy atom. The van der Waals surface area contributed by atoms with Crippen molar-refractivity contribution in [3.63, 3.8) is 0 Å². The molecule has 2 aliphatic rings. The molecule has 3 amide bonds. The highest BCUT2D eigenvalue weighted by molar-refractivity contribution is 5.79. The molecule has 0 radical (unpaired) electrons. The molecule has 2 aliphatic heterocycles. The van der Waals surface area contributed by atoms with Gasteiger partial charge in [-0.1, -0.05) is 20.3 Å². The summed E-state index contributed by atoms with van der Waals surface area (Å²) in [5.74, 6) is 0.161. The SMILES string of the molecule is CCC[C@H](CC)NC(=O)N1CCN(C(=O)CN2CCOCC2)CC1. The molecule has 0 saturated carbocycles. The summed E-state index contributed by atoms with van der Waals surface area (Å²) in [7, 11) is 0. The Labute approximate surface area is 145 Å². The zero-order valence-corrected chi connectivity index (χ0v) is 15.1. The van der Waals surface area contributed by atoms with Gasteiger partial charge in [-0.15, -0.1) is 0 Å². The van der Waals surface area contributed by atoms with Crippen LogP contribution in [0.2, 0.25) is 0 Å². The van der Waals surface area contributed by atoms with Gasteiger partial charge < -0.3 is 19.9 Å². The Morgan fingerprint density at radius 2 is 1.62 bits per heavy atom. The van der Waals surface area contributed by atoms with Crippen LogP contribution < -0.4 is 5.32 Å². The van der Waals surface area contributed by atoms with E-state index in [1.807, 2.05) is 9.80 Å². The van der Waals surface area contributed by atoms with Crippen molar-refractivity contribution in [2.45, 2.75) is 39.2 Å². The first kappa shape index (κ1) is 19.0. The molecule has 2 heterocycles. The Balaban J connectivity index is 1.71.